The van der Waals surface area contributed by atoms with Gasteiger partial charge in [0.1, 0.15) is 24.7 Å². The molecule has 0 bridgehead atoms. The summed E-state index contributed by atoms with van der Waals surface area (Å²) in [5, 5.41) is 32.4. The highest BCUT2D eigenvalue weighted by Crippen LogP contribution is 2.18. The van der Waals surface area contributed by atoms with E-state index in [2.05, 4.69) is 31.9 Å². The second-order valence-corrected chi connectivity index (χ2v) is 9.72. The molecule has 0 aliphatic carbocycles. The van der Waals surface area contributed by atoms with Crippen LogP contribution in [0.3, 0.4) is 0 Å². The molecule has 0 saturated carbocycles. The van der Waals surface area contributed by atoms with Gasteiger partial charge in [-0.25, -0.2) is 0 Å². The maximum absolute atomic E-state index is 13.0. The van der Waals surface area contributed by atoms with Gasteiger partial charge < -0.3 is 47.0 Å². The Balaban J connectivity index is 1.91. The zero-order valence-electron chi connectivity index (χ0n) is 22.7. The Morgan fingerprint density at radius 3 is 2.17 bits per heavy atom. The van der Waals surface area contributed by atoms with Crippen LogP contribution in [-0.4, -0.2) is 119 Å². The second-order valence-electron chi connectivity index (χ2n) is 9.72. The number of amides is 6. The Bertz CT molecular complexity index is 1030. The van der Waals surface area contributed by atoms with E-state index in [4.69, 9.17) is 10.2 Å². The topological polar surface area (TPSA) is 252 Å². The molecule has 2 heterocycles. The van der Waals surface area contributed by atoms with Crippen LogP contribution < -0.4 is 31.9 Å². The molecule has 2 rings (SSSR count). The minimum Gasteiger partial charge on any atom is -0.481 e. The van der Waals surface area contributed by atoms with Gasteiger partial charge in [0.25, 0.3) is 0 Å². The lowest BCUT2D eigenvalue weighted by Gasteiger charge is -2.26. The number of rotatable bonds is 15. The van der Waals surface area contributed by atoms with Crippen molar-refractivity contribution in [1.29, 1.82) is 0 Å². The van der Waals surface area contributed by atoms with Gasteiger partial charge in [-0.05, 0) is 45.6 Å². The maximum Gasteiger partial charge on any atom is 0.322 e. The summed E-state index contributed by atoms with van der Waals surface area (Å²) in [5.41, 5.74) is 0. The highest BCUT2D eigenvalue weighted by atomic mass is 16.4. The summed E-state index contributed by atoms with van der Waals surface area (Å²) in [7, 11) is 0. The molecular weight excluding hydrogens is 546 g/mol. The first kappa shape index (κ1) is 32.9. The van der Waals surface area contributed by atoms with Crippen LogP contribution in [0.25, 0.3) is 0 Å². The van der Waals surface area contributed by atoms with E-state index in [1.807, 2.05) is 0 Å². The molecule has 17 heteroatoms. The standard InChI is InChI=1S/C24H37N7O10/c1-13(21(38)28-12-20(36)37)29-17(32)10-26-23(40)15(6-7-19(34)35)30-24(41)16-5-3-9-31(16)18(33)11-27-22(39)14-4-2-8-25-14/h13-16,25H,2-12H2,1H3,(H,26,40)(H,27,39)(H,28,38)(H,29,32)(H,30,41)(H,34,35)(H,36,37)/t13-,14-,15-,16-/m0/s1. The van der Waals surface area contributed by atoms with Crippen molar-refractivity contribution < 1.29 is 48.6 Å². The first-order chi connectivity index (χ1) is 19.4. The number of aliphatic carboxylic acids is 2. The van der Waals surface area contributed by atoms with Crippen LogP contribution in [0.5, 0.6) is 0 Å². The number of likely N-dealkylation sites (tertiary alicyclic amines) is 1. The number of carboxylic acid groups (broad SMARTS) is 2. The van der Waals surface area contributed by atoms with Gasteiger partial charge in [-0.15, -0.1) is 0 Å². The predicted molar refractivity (Wildman–Crippen MR) is 139 cm³/mol. The van der Waals surface area contributed by atoms with E-state index in [-0.39, 0.29) is 31.5 Å². The molecule has 0 unspecified atom stereocenters. The molecule has 4 atom stereocenters. The molecule has 0 spiro atoms. The van der Waals surface area contributed by atoms with Crippen molar-refractivity contribution >= 4 is 47.4 Å². The number of carbonyl (C=O) groups is 8. The van der Waals surface area contributed by atoms with Gasteiger partial charge in [-0.1, -0.05) is 0 Å². The second kappa shape index (κ2) is 16.1. The Morgan fingerprint density at radius 2 is 1.54 bits per heavy atom. The van der Waals surface area contributed by atoms with Crippen LogP contribution in [0.15, 0.2) is 0 Å². The first-order valence-electron chi connectivity index (χ1n) is 13.3. The molecular formula is C24H37N7O10. The van der Waals surface area contributed by atoms with E-state index in [1.54, 1.807) is 0 Å². The molecule has 0 aromatic carbocycles. The van der Waals surface area contributed by atoms with Crippen molar-refractivity contribution in [3.63, 3.8) is 0 Å². The highest BCUT2D eigenvalue weighted by molar-refractivity contribution is 5.95. The molecule has 0 radical (unpaired) electrons. The molecule has 8 N–H and O–H groups in total. The van der Waals surface area contributed by atoms with Crippen molar-refractivity contribution in [3.05, 3.63) is 0 Å². The van der Waals surface area contributed by atoms with Gasteiger partial charge in [0, 0.05) is 13.0 Å². The highest BCUT2D eigenvalue weighted by Gasteiger charge is 2.36. The lowest BCUT2D eigenvalue weighted by Crippen LogP contribution is -2.55. The molecule has 0 aromatic rings. The van der Waals surface area contributed by atoms with Crippen molar-refractivity contribution in [2.75, 3.05) is 32.7 Å². The lowest BCUT2D eigenvalue weighted by molar-refractivity contribution is -0.140. The van der Waals surface area contributed by atoms with Crippen molar-refractivity contribution in [2.45, 2.75) is 69.6 Å². The Kier molecular flexibility index (Phi) is 12.9. The smallest absolute Gasteiger partial charge is 0.322 e. The molecule has 2 aliphatic heterocycles. The quantitative estimate of drug-likeness (QED) is 0.0922. The van der Waals surface area contributed by atoms with Crippen molar-refractivity contribution in [2.24, 2.45) is 0 Å². The zero-order chi connectivity index (χ0) is 30.5. The van der Waals surface area contributed by atoms with Gasteiger partial charge in [0.15, 0.2) is 0 Å². The minimum atomic E-state index is -1.34. The van der Waals surface area contributed by atoms with E-state index in [0.717, 1.165) is 6.42 Å². The summed E-state index contributed by atoms with van der Waals surface area (Å²) >= 11 is 0. The molecule has 6 amide bonds. The largest absolute Gasteiger partial charge is 0.481 e. The predicted octanol–water partition coefficient (Wildman–Crippen LogP) is -3.98. The number of carbonyl (C=O) groups excluding carboxylic acids is 6. The summed E-state index contributed by atoms with van der Waals surface area (Å²) in [4.78, 5) is 97.6. The molecule has 17 nitrogen and oxygen atoms in total. The summed E-state index contributed by atoms with van der Waals surface area (Å²) < 4.78 is 0. The van der Waals surface area contributed by atoms with Crippen LogP contribution in [0.2, 0.25) is 0 Å². The van der Waals surface area contributed by atoms with Crippen molar-refractivity contribution in [1.82, 2.24) is 36.8 Å². The number of nitrogens with zero attached hydrogens (tertiary/aromatic N) is 1. The molecule has 2 saturated heterocycles. The van der Waals surface area contributed by atoms with E-state index in [9.17, 15) is 38.4 Å². The van der Waals surface area contributed by atoms with Gasteiger partial charge >= 0.3 is 11.9 Å². The molecule has 2 aliphatic rings. The number of hydrogen-bond acceptors (Lipinski definition) is 9. The Labute approximate surface area is 235 Å². The van der Waals surface area contributed by atoms with E-state index >= 15 is 0 Å². The average molecular weight is 584 g/mol. The van der Waals surface area contributed by atoms with Crippen LogP contribution in [-0.2, 0) is 38.4 Å². The SMILES string of the molecule is C[C@H](NC(=O)CNC(=O)[C@H](CCC(=O)O)NC(=O)[C@@H]1CCCN1C(=O)CNC(=O)[C@@H]1CCCN1)C(=O)NCC(=O)O. The lowest BCUT2D eigenvalue weighted by atomic mass is 10.1. The average Bonchev–Trinajstić information content (AvgIpc) is 3.63. The summed E-state index contributed by atoms with van der Waals surface area (Å²) in [6.07, 6.45) is 1.55. The fraction of sp³-hybridized carbons (Fsp3) is 0.667. The third-order valence-corrected chi connectivity index (χ3v) is 6.55. The first-order valence-corrected chi connectivity index (χ1v) is 13.3. The number of hydrogen-bond donors (Lipinski definition) is 8. The van der Waals surface area contributed by atoms with E-state index < -0.39 is 79.1 Å². The van der Waals surface area contributed by atoms with Gasteiger partial charge in [0.05, 0.1) is 19.1 Å². The van der Waals surface area contributed by atoms with E-state index in [0.29, 0.717) is 25.8 Å². The van der Waals surface area contributed by atoms with Gasteiger partial charge in [-0.3, -0.25) is 38.4 Å². The minimum absolute atomic E-state index is 0.263. The third kappa shape index (κ3) is 11.0. The summed E-state index contributed by atoms with van der Waals surface area (Å²) in [6.45, 7) is 0.727. The third-order valence-electron chi connectivity index (χ3n) is 6.55. The Morgan fingerprint density at radius 1 is 0.829 bits per heavy atom. The maximum atomic E-state index is 13.0. The summed E-state index contributed by atoms with van der Waals surface area (Å²) in [5.74, 6) is -6.36. The van der Waals surface area contributed by atoms with Crippen LogP contribution in [0, 0.1) is 0 Å². The fourth-order valence-corrected chi connectivity index (χ4v) is 4.40. The summed E-state index contributed by atoms with van der Waals surface area (Å²) in [6, 6.07) is -3.74. The normalized spacial score (nSPS) is 19.4. The zero-order valence-corrected chi connectivity index (χ0v) is 22.7. The van der Waals surface area contributed by atoms with E-state index in [1.165, 1.54) is 11.8 Å². The molecule has 228 valence electrons. The van der Waals surface area contributed by atoms with Crippen molar-refractivity contribution in [3.8, 4) is 0 Å². The van der Waals surface area contributed by atoms with Crippen LogP contribution in [0.1, 0.15) is 45.4 Å². The molecule has 2 fully saturated rings. The van der Waals surface area contributed by atoms with Gasteiger partial charge in [-0.2, -0.15) is 0 Å². The number of carboxylic acids is 2. The monoisotopic (exact) mass is 583 g/mol. The van der Waals surface area contributed by atoms with Crippen LogP contribution in [0.4, 0.5) is 0 Å². The number of nitrogens with one attached hydrogen (secondary N) is 6. The molecule has 41 heavy (non-hydrogen) atoms. The molecule has 0 aromatic heterocycles. The Hall–Kier alpha value is -4.28. The van der Waals surface area contributed by atoms with Gasteiger partial charge in [0.2, 0.25) is 35.4 Å². The fourth-order valence-electron chi connectivity index (χ4n) is 4.40. The van der Waals surface area contributed by atoms with Crippen LogP contribution >= 0.6 is 0 Å².